The summed E-state index contributed by atoms with van der Waals surface area (Å²) < 4.78 is 32.4. The largest absolute Gasteiger partial charge is 0.491 e. The average molecular weight is 336 g/mol. The van der Waals surface area contributed by atoms with Gasteiger partial charge in [-0.2, -0.15) is 0 Å². The molecule has 1 aromatic carbocycles. The summed E-state index contributed by atoms with van der Waals surface area (Å²) in [5, 5.41) is 3.28. The van der Waals surface area contributed by atoms with Crippen LogP contribution in [0.1, 0.15) is 11.1 Å². The third kappa shape index (κ3) is 2.86. The Morgan fingerprint density at radius 2 is 2.18 bits per heavy atom. The van der Waals surface area contributed by atoms with Gasteiger partial charge in [0.25, 0.3) is 0 Å². The van der Waals surface area contributed by atoms with E-state index in [9.17, 15) is 8.42 Å². The summed E-state index contributed by atoms with van der Waals surface area (Å²) >= 11 is 0. The molecular formula is C15H20N2O3SSi. The highest BCUT2D eigenvalue weighted by molar-refractivity contribution is 7.89. The molecule has 2 aliphatic heterocycles. The van der Waals surface area contributed by atoms with Crippen molar-refractivity contribution < 1.29 is 13.2 Å². The van der Waals surface area contributed by atoms with Crippen LogP contribution in [0.4, 0.5) is 5.69 Å². The molecule has 0 saturated heterocycles. The van der Waals surface area contributed by atoms with Gasteiger partial charge in [0.2, 0.25) is 10.0 Å². The van der Waals surface area contributed by atoms with Crippen LogP contribution in [0.15, 0.2) is 11.0 Å². The van der Waals surface area contributed by atoms with Crippen LogP contribution in [0.25, 0.3) is 0 Å². The van der Waals surface area contributed by atoms with Crippen LogP contribution in [0.2, 0.25) is 19.6 Å². The molecule has 0 amide bonds. The lowest BCUT2D eigenvalue weighted by atomic mass is 10.1. The number of hydrogen-bond acceptors (Lipinski definition) is 4. The van der Waals surface area contributed by atoms with Gasteiger partial charge in [0.1, 0.15) is 13.8 Å². The normalized spacial score (nSPS) is 18.0. The van der Waals surface area contributed by atoms with Crippen molar-refractivity contribution in [2.24, 2.45) is 0 Å². The summed E-state index contributed by atoms with van der Waals surface area (Å²) in [6.45, 7) is 8.02. The second kappa shape index (κ2) is 5.30. The molecule has 2 heterocycles. The van der Waals surface area contributed by atoms with Crippen molar-refractivity contribution in [2.75, 3.05) is 18.5 Å². The van der Waals surface area contributed by atoms with E-state index in [1.165, 1.54) is 0 Å². The predicted molar refractivity (Wildman–Crippen MR) is 89.3 cm³/mol. The van der Waals surface area contributed by atoms with Crippen LogP contribution in [-0.4, -0.2) is 29.6 Å². The zero-order valence-electron chi connectivity index (χ0n) is 13.0. The monoisotopic (exact) mass is 336 g/mol. The van der Waals surface area contributed by atoms with E-state index in [1.54, 1.807) is 0 Å². The van der Waals surface area contributed by atoms with Crippen molar-refractivity contribution in [3.05, 3.63) is 17.2 Å². The Balaban J connectivity index is 1.91. The minimum absolute atomic E-state index is 0.347. The summed E-state index contributed by atoms with van der Waals surface area (Å²) in [6.07, 6.45) is 0.634. The zero-order valence-corrected chi connectivity index (χ0v) is 14.9. The minimum atomic E-state index is -3.37. The lowest BCUT2D eigenvalue weighted by molar-refractivity contribution is 0.358. The molecule has 2 aliphatic rings. The maximum Gasteiger partial charge on any atom is 0.241 e. The van der Waals surface area contributed by atoms with Gasteiger partial charge < -0.3 is 10.1 Å². The molecule has 0 aromatic heterocycles. The van der Waals surface area contributed by atoms with Gasteiger partial charge in [0.05, 0.1) is 23.7 Å². The van der Waals surface area contributed by atoms with Gasteiger partial charge in [-0.15, -0.1) is 5.54 Å². The second-order valence-electron chi connectivity index (χ2n) is 6.55. The molecular weight excluding hydrogens is 316 g/mol. The molecule has 0 radical (unpaired) electrons. The first kappa shape index (κ1) is 15.4. The molecule has 0 unspecified atom stereocenters. The highest BCUT2D eigenvalue weighted by atomic mass is 32.2. The fourth-order valence-corrected chi connectivity index (χ4v) is 4.81. The number of hydrogen-bond donors (Lipinski definition) is 2. The van der Waals surface area contributed by atoms with Gasteiger partial charge in [-0.25, -0.2) is 13.1 Å². The van der Waals surface area contributed by atoms with Gasteiger partial charge >= 0.3 is 0 Å². The number of fused-ring (bicyclic) bond motifs is 3. The summed E-state index contributed by atoms with van der Waals surface area (Å²) in [5.41, 5.74) is 5.75. The molecule has 7 heteroatoms. The van der Waals surface area contributed by atoms with Crippen molar-refractivity contribution in [3.8, 4) is 17.2 Å². The molecule has 0 atom stereocenters. The lowest BCUT2D eigenvalue weighted by Crippen LogP contribution is -2.17. The second-order valence-corrected chi connectivity index (χ2v) is 13.0. The molecule has 0 saturated carbocycles. The first-order valence-electron chi connectivity index (χ1n) is 7.33. The molecule has 0 aliphatic carbocycles. The third-order valence-electron chi connectivity index (χ3n) is 3.55. The Bertz CT molecular complexity index is 786. The maximum absolute atomic E-state index is 12.1. The topological polar surface area (TPSA) is 67.4 Å². The first-order chi connectivity index (χ1) is 10.3. The van der Waals surface area contributed by atoms with E-state index in [-0.39, 0.29) is 0 Å². The van der Waals surface area contributed by atoms with Gasteiger partial charge in [-0.1, -0.05) is 25.6 Å². The van der Waals surface area contributed by atoms with E-state index in [1.807, 2.05) is 6.07 Å². The van der Waals surface area contributed by atoms with Crippen LogP contribution < -0.4 is 14.8 Å². The molecule has 0 fully saturated rings. The van der Waals surface area contributed by atoms with Crippen LogP contribution in [0.5, 0.6) is 5.75 Å². The Labute approximate surface area is 132 Å². The summed E-state index contributed by atoms with van der Waals surface area (Å²) in [6, 6.07) is 1.87. The molecule has 0 spiro atoms. The Kier molecular flexibility index (Phi) is 3.71. The van der Waals surface area contributed by atoms with Crippen LogP contribution in [0, 0.1) is 11.5 Å². The van der Waals surface area contributed by atoms with Gasteiger partial charge in [-0.05, 0) is 11.6 Å². The summed E-state index contributed by atoms with van der Waals surface area (Å²) in [7, 11) is -4.75. The number of sulfonamides is 1. The van der Waals surface area contributed by atoms with Crippen molar-refractivity contribution in [1.29, 1.82) is 0 Å². The van der Waals surface area contributed by atoms with Crippen molar-refractivity contribution in [1.82, 2.24) is 4.72 Å². The standard InChI is InChI=1S/C15H20N2O3SSi/c1-22(2,3)8-4-6-16-13-9-11-10-17-21(18,19)15(11)12-5-7-20-14(12)13/h9,16-17H,5-7,10H2,1-3H3. The smallest absolute Gasteiger partial charge is 0.241 e. The highest BCUT2D eigenvalue weighted by Crippen LogP contribution is 2.42. The first-order valence-corrected chi connectivity index (χ1v) is 12.3. The lowest BCUT2D eigenvalue weighted by Gasteiger charge is -2.12. The van der Waals surface area contributed by atoms with Crippen LogP contribution >= 0.6 is 0 Å². The van der Waals surface area contributed by atoms with Gasteiger partial charge in [0.15, 0.2) is 0 Å². The number of rotatable bonds is 2. The Morgan fingerprint density at radius 3 is 2.91 bits per heavy atom. The average Bonchev–Trinajstić information content (AvgIpc) is 2.98. The van der Waals surface area contributed by atoms with Crippen LogP contribution in [0.3, 0.4) is 0 Å². The van der Waals surface area contributed by atoms with Crippen LogP contribution in [-0.2, 0) is 23.0 Å². The number of nitrogens with one attached hydrogen (secondary N) is 2. The fourth-order valence-electron chi connectivity index (χ4n) is 2.70. The van der Waals surface area contributed by atoms with E-state index in [2.05, 4.69) is 41.1 Å². The van der Waals surface area contributed by atoms with Crippen molar-refractivity contribution in [2.45, 2.75) is 37.5 Å². The van der Waals surface area contributed by atoms with E-state index >= 15 is 0 Å². The molecule has 3 rings (SSSR count). The molecule has 118 valence electrons. The summed E-state index contributed by atoms with van der Waals surface area (Å²) in [5.74, 6) is 3.83. The maximum atomic E-state index is 12.1. The van der Waals surface area contributed by atoms with Crippen molar-refractivity contribution >= 4 is 23.8 Å². The SMILES string of the molecule is C[Si](C)(C)C#CCNc1cc2c(c3c1OCC3)S(=O)(=O)NC2. The third-order valence-corrected chi connectivity index (χ3v) is 6.05. The number of benzene rings is 1. The molecule has 1 aromatic rings. The number of anilines is 1. The van der Waals surface area contributed by atoms with E-state index in [0.717, 1.165) is 16.8 Å². The van der Waals surface area contributed by atoms with Gasteiger partial charge in [0, 0.05) is 18.5 Å². The molecule has 22 heavy (non-hydrogen) atoms. The Morgan fingerprint density at radius 1 is 1.41 bits per heavy atom. The number of ether oxygens (including phenoxy) is 1. The molecule has 0 bridgehead atoms. The fraction of sp³-hybridized carbons (Fsp3) is 0.467. The molecule has 2 N–H and O–H groups in total. The van der Waals surface area contributed by atoms with Gasteiger partial charge in [-0.3, -0.25) is 0 Å². The predicted octanol–water partition coefficient (Wildman–Crippen LogP) is 1.71. The zero-order chi connectivity index (χ0) is 16.0. The van der Waals surface area contributed by atoms with Crippen molar-refractivity contribution in [3.63, 3.8) is 0 Å². The van der Waals surface area contributed by atoms with E-state index in [0.29, 0.717) is 36.8 Å². The van der Waals surface area contributed by atoms with E-state index < -0.39 is 18.1 Å². The Hall–Kier alpha value is -1.49. The summed E-state index contributed by atoms with van der Waals surface area (Å²) in [4.78, 5) is 0.415. The highest BCUT2D eigenvalue weighted by Gasteiger charge is 2.34. The quantitative estimate of drug-likeness (QED) is 0.637. The van der Waals surface area contributed by atoms with E-state index in [4.69, 9.17) is 4.74 Å². The molecule has 5 nitrogen and oxygen atoms in total. The minimum Gasteiger partial charge on any atom is -0.491 e.